The highest BCUT2D eigenvalue weighted by Gasteiger charge is 2.18. The van der Waals surface area contributed by atoms with E-state index in [4.69, 9.17) is 9.84 Å². The molecule has 1 unspecified atom stereocenters. The van der Waals surface area contributed by atoms with Crippen LogP contribution in [-0.2, 0) is 11.3 Å². The number of carbonyl (C=O) groups is 1. The highest BCUT2D eigenvalue weighted by Crippen LogP contribution is 2.23. The van der Waals surface area contributed by atoms with Gasteiger partial charge in [0, 0.05) is 12.6 Å². The molecule has 1 N–H and O–H groups in total. The maximum Gasteiger partial charge on any atom is 0.320 e. The summed E-state index contributed by atoms with van der Waals surface area (Å²) in [7, 11) is 3.07. The van der Waals surface area contributed by atoms with Crippen LogP contribution in [-0.4, -0.2) is 41.1 Å². The van der Waals surface area contributed by atoms with Crippen molar-refractivity contribution in [3.63, 3.8) is 0 Å². The fourth-order valence-electron chi connectivity index (χ4n) is 1.57. The van der Waals surface area contributed by atoms with Crippen molar-refractivity contribution in [2.75, 3.05) is 14.2 Å². The zero-order valence-corrected chi connectivity index (χ0v) is 11.0. The number of nitrogens with zero attached hydrogens (tertiary/aromatic N) is 2. The van der Waals surface area contributed by atoms with E-state index < -0.39 is 16.9 Å². The van der Waals surface area contributed by atoms with Crippen LogP contribution in [0, 0.1) is 10.1 Å². The Morgan fingerprint density at radius 2 is 2.16 bits per heavy atom. The first-order valence-corrected chi connectivity index (χ1v) is 5.60. The summed E-state index contributed by atoms with van der Waals surface area (Å²) in [5, 5.41) is 19.7. The quantitative estimate of drug-likeness (QED) is 0.621. The summed E-state index contributed by atoms with van der Waals surface area (Å²) < 4.78 is 5.00. The predicted octanol–water partition coefficient (Wildman–Crippen LogP) is 1.51. The lowest BCUT2D eigenvalue weighted by molar-refractivity contribution is -0.385. The van der Waals surface area contributed by atoms with Crippen molar-refractivity contribution in [1.82, 2.24) is 4.90 Å². The van der Waals surface area contributed by atoms with E-state index in [2.05, 4.69) is 0 Å². The Morgan fingerprint density at radius 1 is 1.53 bits per heavy atom. The number of aliphatic carboxylic acids is 1. The van der Waals surface area contributed by atoms with Crippen LogP contribution in [0.5, 0.6) is 5.75 Å². The lowest BCUT2D eigenvalue weighted by atomic mass is 10.1. The summed E-state index contributed by atoms with van der Waals surface area (Å²) in [6.45, 7) is 1.84. The number of non-ortho nitro benzene ring substituents is 1. The molecule has 1 atom stereocenters. The Bertz CT molecular complexity index is 489. The lowest BCUT2D eigenvalue weighted by Crippen LogP contribution is -2.35. The number of hydrogen-bond donors (Lipinski definition) is 1. The smallest absolute Gasteiger partial charge is 0.320 e. The van der Waals surface area contributed by atoms with Gasteiger partial charge in [0.1, 0.15) is 11.8 Å². The highest BCUT2D eigenvalue weighted by molar-refractivity contribution is 5.72. The molecule has 0 aromatic heterocycles. The molecule has 0 aliphatic heterocycles. The summed E-state index contributed by atoms with van der Waals surface area (Å²) in [4.78, 5) is 22.7. The fourth-order valence-corrected chi connectivity index (χ4v) is 1.57. The zero-order valence-electron chi connectivity index (χ0n) is 11.0. The number of hydrogen-bond acceptors (Lipinski definition) is 5. The number of carboxylic acids is 1. The average molecular weight is 268 g/mol. The molecule has 0 aliphatic carbocycles. The summed E-state index contributed by atoms with van der Waals surface area (Å²) in [5.74, 6) is -0.569. The van der Waals surface area contributed by atoms with Gasteiger partial charge in [0.25, 0.3) is 5.69 Å². The molecule has 0 fully saturated rings. The van der Waals surface area contributed by atoms with Crippen LogP contribution in [0.3, 0.4) is 0 Å². The van der Waals surface area contributed by atoms with Gasteiger partial charge in [-0.15, -0.1) is 0 Å². The molecule has 7 heteroatoms. The van der Waals surface area contributed by atoms with Crippen LogP contribution in [0.15, 0.2) is 18.2 Å². The summed E-state index contributed by atoms with van der Waals surface area (Å²) >= 11 is 0. The van der Waals surface area contributed by atoms with Crippen LogP contribution in [0.4, 0.5) is 5.69 Å². The van der Waals surface area contributed by atoms with Gasteiger partial charge in [0.05, 0.1) is 18.1 Å². The van der Waals surface area contributed by atoms with Crippen molar-refractivity contribution in [3.8, 4) is 5.75 Å². The number of nitro groups is 1. The average Bonchev–Trinajstić information content (AvgIpc) is 2.36. The molecule has 0 spiro atoms. The number of carboxylic acid groups (broad SMARTS) is 1. The highest BCUT2D eigenvalue weighted by atomic mass is 16.6. The first-order chi connectivity index (χ1) is 8.85. The maximum atomic E-state index is 10.9. The van der Waals surface area contributed by atoms with Gasteiger partial charge in [-0.2, -0.15) is 0 Å². The van der Waals surface area contributed by atoms with E-state index >= 15 is 0 Å². The van der Waals surface area contributed by atoms with Gasteiger partial charge in [0.2, 0.25) is 0 Å². The molecule has 0 bridgehead atoms. The van der Waals surface area contributed by atoms with E-state index in [-0.39, 0.29) is 12.2 Å². The fraction of sp³-hybridized carbons (Fsp3) is 0.417. The number of methoxy groups -OCH3 is 1. The molecule has 1 rings (SSSR count). The molecule has 1 aromatic rings. The van der Waals surface area contributed by atoms with Crippen molar-refractivity contribution in [3.05, 3.63) is 33.9 Å². The second-order valence-corrected chi connectivity index (χ2v) is 4.23. The number of nitro benzene ring substituents is 1. The Hall–Kier alpha value is -2.15. The first-order valence-electron chi connectivity index (χ1n) is 5.60. The van der Waals surface area contributed by atoms with Crippen LogP contribution < -0.4 is 4.74 Å². The van der Waals surface area contributed by atoms with Crippen molar-refractivity contribution < 1.29 is 19.6 Å². The number of benzene rings is 1. The molecule has 0 heterocycles. The zero-order chi connectivity index (χ0) is 14.6. The minimum atomic E-state index is -0.945. The molecule has 0 saturated heterocycles. The van der Waals surface area contributed by atoms with Crippen molar-refractivity contribution in [2.24, 2.45) is 0 Å². The van der Waals surface area contributed by atoms with Crippen LogP contribution in [0.2, 0.25) is 0 Å². The maximum absolute atomic E-state index is 10.9. The summed E-state index contributed by atoms with van der Waals surface area (Å²) in [6.07, 6.45) is 0. The minimum absolute atomic E-state index is 0.0780. The van der Waals surface area contributed by atoms with Gasteiger partial charge in [-0.25, -0.2) is 0 Å². The number of rotatable bonds is 6. The number of ether oxygens (including phenoxy) is 1. The van der Waals surface area contributed by atoms with E-state index in [1.807, 2.05) is 0 Å². The molecule has 0 amide bonds. The van der Waals surface area contributed by atoms with E-state index in [1.54, 1.807) is 24.9 Å². The van der Waals surface area contributed by atoms with Crippen LogP contribution >= 0.6 is 0 Å². The molecular formula is C12H16N2O5. The second-order valence-electron chi connectivity index (χ2n) is 4.23. The molecule has 7 nitrogen and oxygen atoms in total. The topological polar surface area (TPSA) is 92.9 Å². The molecule has 1 aromatic carbocycles. The monoisotopic (exact) mass is 268 g/mol. The van der Waals surface area contributed by atoms with E-state index in [0.29, 0.717) is 11.3 Å². The molecule has 0 saturated carbocycles. The van der Waals surface area contributed by atoms with Crippen molar-refractivity contribution >= 4 is 11.7 Å². The summed E-state index contributed by atoms with van der Waals surface area (Å²) in [6, 6.07) is 3.71. The van der Waals surface area contributed by atoms with Crippen LogP contribution in [0.25, 0.3) is 0 Å². The van der Waals surface area contributed by atoms with Gasteiger partial charge in [-0.1, -0.05) is 0 Å². The van der Waals surface area contributed by atoms with Crippen LogP contribution in [0.1, 0.15) is 12.5 Å². The van der Waals surface area contributed by atoms with E-state index in [1.165, 1.54) is 19.2 Å². The largest absolute Gasteiger partial charge is 0.496 e. The van der Waals surface area contributed by atoms with E-state index in [0.717, 1.165) is 0 Å². The van der Waals surface area contributed by atoms with Gasteiger partial charge in [-0.3, -0.25) is 19.8 Å². The Labute approximate surface area is 110 Å². The Kier molecular flexibility index (Phi) is 4.82. The normalized spacial score (nSPS) is 12.2. The molecule has 19 heavy (non-hydrogen) atoms. The third-order valence-corrected chi connectivity index (χ3v) is 2.85. The molecular weight excluding hydrogens is 252 g/mol. The first kappa shape index (κ1) is 14.9. The third-order valence-electron chi connectivity index (χ3n) is 2.85. The minimum Gasteiger partial charge on any atom is -0.496 e. The second kappa shape index (κ2) is 6.14. The predicted molar refractivity (Wildman–Crippen MR) is 68.2 cm³/mol. The van der Waals surface area contributed by atoms with Gasteiger partial charge in [-0.05, 0) is 25.6 Å². The van der Waals surface area contributed by atoms with Gasteiger partial charge < -0.3 is 9.84 Å². The Morgan fingerprint density at radius 3 is 2.63 bits per heavy atom. The van der Waals surface area contributed by atoms with Gasteiger partial charge >= 0.3 is 5.97 Å². The Balaban J connectivity index is 2.97. The molecule has 104 valence electrons. The van der Waals surface area contributed by atoms with E-state index in [9.17, 15) is 14.9 Å². The van der Waals surface area contributed by atoms with Crippen molar-refractivity contribution in [1.29, 1.82) is 0 Å². The van der Waals surface area contributed by atoms with Crippen molar-refractivity contribution in [2.45, 2.75) is 19.5 Å². The molecule has 0 aliphatic rings. The van der Waals surface area contributed by atoms with Gasteiger partial charge in [0.15, 0.2) is 0 Å². The lowest BCUT2D eigenvalue weighted by Gasteiger charge is -2.21. The third kappa shape index (κ3) is 3.92. The number of likely N-dealkylation sites (N-methyl/N-ethyl adjacent to an activating group) is 1. The molecule has 0 radical (unpaired) electrons. The summed E-state index contributed by atoms with van der Waals surface area (Å²) in [5.41, 5.74) is 0.548. The SMILES string of the molecule is COc1cc(CN(C)C(C)C(=O)O)cc([N+](=O)[O-])c1. The standard InChI is InChI=1S/C12H16N2O5/c1-8(12(15)16)13(2)7-9-4-10(14(17)18)6-11(5-9)19-3/h4-6,8H,7H2,1-3H3,(H,15,16).